The van der Waals surface area contributed by atoms with E-state index in [2.05, 4.69) is 10.2 Å². The van der Waals surface area contributed by atoms with Crippen molar-refractivity contribution in [2.75, 3.05) is 25.2 Å². The highest BCUT2D eigenvalue weighted by Crippen LogP contribution is 2.28. The number of thioether (sulfide) groups is 1. The molecule has 3 rings (SSSR count). The summed E-state index contributed by atoms with van der Waals surface area (Å²) in [5.41, 5.74) is 1.89. The Morgan fingerprint density at radius 2 is 1.76 bits per heavy atom. The second kappa shape index (κ2) is 10.2. The molecule has 0 aliphatic rings. The third-order valence-corrected chi connectivity index (χ3v) is 5.62. The van der Waals surface area contributed by atoms with Crippen LogP contribution in [0, 0.1) is 0 Å². The number of para-hydroxylation sites is 1. The van der Waals surface area contributed by atoms with Crippen LogP contribution in [-0.4, -0.2) is 46.2 Å². The minimum absolute atomic E-state index is 0.0475. The number of rotatable bonds is 9. The Bertz CT molecular complexity index is 915. The Labute approximate surface area is 175 Å². The first-order chi connectivity index (χ1) is 14.2. The van der Waals surface area contributed by atoms with Gasteiger partial charge in [-0.2, -0.15) is 0 Å². The van der Waals surface area contributed by atoms with Gasteiger partial charge in [-0.15, -0.1) is 10.2 Å². The molecule has 0 N–H and O–H groups in total. The van der Waals surface area contributed by atoms with E-state index in [0.29, 0.717) is 24.9 Å². The number of benzene rings is 2. The second-order valence-electron chi connectivity index (χ2n) is 6.49. The summed E-state index contributed by atoms with van der Waals surface area (Å²) >= 11 is 1.43. The Hall–Kier alpha value is -2.64. The van der Waals surface area contributed by atoms with Gasteiger partial charge in [0.15, 0.2) is 11.0 Å². The maximum Gasteiger partial charge on any atom is 0.240 e. The van der Waals surface area contributed by atoms with Gasteiger partial charge in [0.2, 0.25) is 5.91 Å². The lowest BCUT2D eigenvalue weighted by molar-refractivity contribution is -0.117. The van der Waals surface area contributed by atoms with Crippen LogP contribution in [0.15, 0.2) is 65.8 Å². The standard InChI is InChI=1S/C22H26N4O2S/c1-4-25(19-13-9-6-10-14-19)21(27)17(2)29-22-24-23-20(26(22)15-16-28-3)18-11-7-5-8-12-18/h5-14,17H,4,15-16H2,1-3H3. The maximum atomic E-state index is 13.1. The van der Waals surface area contributed by atoms with Crippen molar-refractivity contribution in [3.05, 3.63) is 60.7 Å². The number of aromatic nitrogens is 3. The molecule has 1 unspecified atom stereocenters. The van der Waals surface area contributed by atoms with Crippen LogP contribution >= 0.6 is 11.8 Å². The number of carbonyl (C=O) groups excluding carboxylic acids is 1. The molecule has 1 atom stereocenters. The van der Waals surface area contributed by atoms with Crippen LogP contribution in [0.1, 0.15) is 13.8 Å². The van der Waals surface area contributed by atoms with Crippen molar-refractivity contribution in [1.29, 1.82) is 0 Å². The fourth-order valence-electron chi connectivity index (χ4n) is 3.06. The smallest absolute Gasteiger partial charge is 0.240 e. The van der Waals surface area contributed by atoms with Gasteiger partial charge in [0.1, 0.15) is 0 Å². The molecule has 1 aromatic heterocycles. The summed E-state index contributed by atoms with van der Waals surface area (Å²) in [6.07, 6.45) is 0. The molecule has 6 nitrogen and oxygen atoms in total. The number of hydrogen-bond acceptors (Lipinski definition) is 5. The highest BCUT2D eigenvalue weighted by atomic mass is 32.2. The molecule has 29 heavy (non-hydrogen) atoms. The van der Waals surface area contributed by atoms with Crippen LogP contribution in [0.5, 0.6) is 0 Å². The van der Waals surface area contributed by atoms with Crippen LogP contribution in [-0.2, 0) is 16.1 Å². The number of hydrogen-bond donors (Lipinski definition) is 0. The van der Waals surface area contributed by atoms with Crippen molar-refractivity contribution in [3.63, 3.8) is 0 Å². The summed E-state index contributed by atoms with van der Waals surface area (Å²) in [5, 5.41) is 9.17. The molecule has 7 heteroatoms. The van der Waals surface area contributed by atoms with Crippen LogP contribution in [0.4, 0.5) is 5.69 Å². The monoisotopic (exact) mass is 410 g/mol. The van der Waals surface area contributed by atoms with Gasteiger partial charge < -0.3 is 9.64 Å². The number of anilines is 1. The Balaban J connectivity index is 1.83. The highest BCUT2D eigenvalue weighted by molar-refractivity contribution is 8.00. The number of ether oxygens (including phenoxy) is 1. The molecular weight excluding hydrogens is 384 g/mol. The summed E-state index contributed by atoms with van der Waals surface area (Å²) in [6, 6.07) is 19.7. The largest absolute Gasteiger partial charge is 0.383 e. The van der Waals surface area contributed by atoms with Gasteiger partial charge in [0.25, 0.3) is 0 Å². The summed E-state index contributed by atoms with van der Waals surface area (Å²) in [4.78, 5) is 14.9. The minimum Gasteiger partial charge on any atom is -0.383 e. The van der Waals surface area contributed by atoms with Crippen molar-refractivity contribution in [2.24, 2.45) is 0 Å². The van der Waals surface area contributed by atoms with Gasteiger partial charge in [0, 0.05) is 24.9 Å². The van der Waals surface area contributed by atoms with Gasteiger partial charge >= 0.3 is 0 Å². The van der Waals surface area contributed by atoms with Gasteiger partial charge in [0.05, 0.1) is 18.4 Å². The van der Waals surface area contributed by atoms with Gasteiger partial charge in [-0.1, -0.05) is 60.3 Å². The van der Waals surface area contributed by atoms with E-state index in [1.807, 2.05) is 79.1 Å². The highest BCUT2D eigenvalue weighted by Gasteiger charge is 2.25. The third kappa shape index (κ3) is 5.05. The van der Waals surface area contributed by atoms with Crippen LogP contribution < -0.4 is 4.90 Å². The molecule has 0 fully saturated rings. The molecule has 0 aliphatic carbocycles. The fraction of sp³-hybridized carbons (Fsp3) is 0.318. The average molecular weight is 411 g/mol. The average Bonchev–Trinajstić information content (AvgIpc) is 3.16. The number of carbonyl (C=O) groups is 1. The van der Waals surface area contributed by atoms with Crippen LogP contribution in [0.3, 0.4) is 0 Å². The Kier molecular flexibility index (Phi) is 7.43. The van der Waals surface area contributed by atoms with E-state index in [1.54, 1.807) is 12.0 Å². The van der Waals surface area contributed by atoms with E-state index in [4.69, 9.17) is 4.74 Å². The first kappa shape index (κ1) is 21.1. The lowest BCUT2D eigenvalue weighted by Gasteiger charge is -2.24. The first-order valence-corrected chi connectivity index (χ1v) is 10.5. The van der Waals surface area contributed by atoms with E-state index < -0.39 is 0 Å². The molecule has 0 radical (unpaired) electrons. The molecule has 1 amide bonds. The third-order valence-electron chi connectivity index (χ3n) is 4.55. The summed E-state index contributed by atoms with van der Waals surface area (Å²) < 4.78 is 7.29. The number of methoxy groups -OCH3 is 1. The second-order valence-corrected chi connectivity index (χ2v) is 7.80. The quantitative estimate of drug-likeness (QED) is 0.497. The number of nitrogens with zero attached hydrogens (tertiary/aromatic N) is 4. The van der Waals surface area contributed by atoms with Gasteiger partial charge in [-0.25, -0.2) is 0 Å². The molecular formula is C22H26N4O2S. The molecule has 0 saturated heterocycles. The summed E-state index contributed by atoms with van der Waals surface area (Å²) in [5.74, 6) is 0.825. The Morgan fingerprint density at radius 3 is 2.38 bits per heavy atom. The minimum atomic E-state index is -0.302. The molecule has 152 valence electrons. The Morgan fingerprint density at radius 1 is 1.10 bits per heavy atom. The predicted octanol–water partition coefficient (Wildman–Crippen LogP) is 4.13. The number of amides is 1. The van der Waals surface area contributed by atoms with E-state index in [1.165, 1.54) is 11.8 Å². The molecule has 0 saturated carbocycles. The molecule has 1 heterocycles. The van der Waals surface area contributed by atoms with E-state index >= 15 is 0 Å². The zero-order valence-electron chi connectivity index (χ0n) is 17.0. The normalized spacial score (nSPS) is 12.0. The lowest BCUT2D eigenvalue weighted by Crippen LogP contribution is -2.36. The van der Waals surface area contributed by atoms with Crippen molar-refractivity contribution in [1.82, 2.24) is 14.8 Å². The van der Waals surface area contributed by atoms with Crippen molar-refractivity contribution < 1.29 is 9.53 Å². The zero-order chi connectivity index (χ0) is 20.6. The van der Waals surface area contributed by atoms with Crippen molar-refractivity contribution in [2.45, 2.75) is 30.8 Å². The molecule has 0 bridgehead atoms. The van der Waals surface area contributed by atoms with Crippen molar-refractivity contribution >= 4 is 23.4 Å². The SMILES string of the molecule is CCN(C(=O)C(C)Sc1nnc(-c2ccccc2)n1CCOC)c1ccccc1. The maximum absolute atomic E-state index is 13.1. The molecule has 3 aromatic rings. The summed E-state index contributed by atoms with van der Waals surface area (Å²) in [6.45, 7) is 5.67. The lowest BCUT2D eigenvalue weighted by atomic mass is 10.2. The molecule has 2 aromatic carbocycles. The molecule has 0 aliphatic heterocycles. The zero-order valence-corrected chi connectivity index (χ0v) is 17.8. The van der Waals surface area contributed by atoms with Crippen LogP contribution in [0.2, 0.25) is 0 Å². The van der Waals surface area contributed by atoms with E-state index in [9.17, 15) is 4.79 Å². The fourth-order valence-corrected chi connectivity index (χ4v) is 4.00. The van der Waals surface area contributed by atoms with Gasteiger partial charge in [-0.3, -0.25) is 9.36 Å². The topological polar surface area (TPSA) is 60.2 Å². The van der Waals surface area contributed by atoms with Gasteiger partial charge in [-0.05, 0) is 26.0 Å². The predicted molar refractivity (Wildman–Crippen MR) is 117 cm³/mol. The van der Waals surface area contributed by atoms with Crippen LogP contribution in [0.25, 0.3) is 11.4 Å². The van der Waals surface area contributed by atoms with Crippen molar-refractivity contribution in [3.8, 4) is 11.4 Å². The summed E-state index contributed by atoms with van der Waals surface area (Å²) in [7, 11) is 1.67. The van der Waals surface area contributed by atoms with E-state index in [0.717, 1.165) is 17.1 Å². The molecule has 0 spiro atoms. The van der Waals surface area contributed by atoms with E-state index in [-0.39, 0.29) is 11.2 Å². The first-order valence-electron chi connectivity index (χ1n) is 9.66.